The molecule has 0 aromatic heterocycles. The summed E-state index contributed by atoms with van der Waals surface area (Å²) in [7, 11) is 0. The molecule has 0 aliphatic carbocycles. The lowest BCUT2D eigenvalue weighted by Crippen LogP contribution is -2.01. The Bertz CT molecular complexity index is 506. The smallest absolute Gasteiger partial charge is 0.172 e. The molecule has 0 fully saturated rings. The van der Waals surface area contributed by atoms with Crippen molar-refractivity contribution in [1.82, 2.24) is 0 Å². The van der Waals surface area contributed by atoms with Gasteiger partial charge < -0.3 is 4.74 Å². The largest absolute Gasteiger partial charge is 0.457 e. The molecule has 2 aromatic rings. The Balaban J connectivity index is 2.06. The number of Topliss-reactive ketones (excluding diaryl/α,β-unsaturated/α-hetero) is 1. The SMILES string of the molecule is CSCC(=O)c1ccc(Oc2ccccc2)cc1. The Morgan fingerprint density at radius 1 is 1.00 bits per heavy atom. The van der Waals surface area contributed by atoms with Crippen LogP contribution in [-0.4, -0.2) is 17.8 Å². The summed E-state index contributed by atoms with van der Waals surface area (Å²) in [5, 5.41) is 0. The summed E-state index contributed by atoms with van der Waals surface area (Å²) >= 11 is 1.53. The van der Waals surface area contributed by atoms with Crippen LogP contribution in [0.2, 0.25) is 0 Å². The molecule has 2 nitrogen and oxygen atoms in total. The summed E-state index contributed by atoms with van der Waals surface area (Å²) in [6, 6.07) is 16.8. The fourth-order valence-corrected chi connectivity index (χ4v) is 1.98. The highest BCUT2D eigenvalue weighted by Gasteiger charge is 2.04. The van der Waals surface area contributed by atoms with Gasteiger partial charge in [0.1, 0.15) is 11.5 Å². The van der Waals surface area contributed by atoms with Gasteiger partial charge in [-0.3, -0.25) is 4.79 Å². The third-order valence-electron chi connectivity index (χ3n) is 2.43. The molecule has 0 heterocycles. The minimum atomic E-state index is 0.147. The highest BCUT2D eigenvalue weighted by atomic mass is 32.2. The number of rotatable bonds is 5. The number of thioether (sulfide) groups is 1. The summed E-state index contributed by atoms with van der Waals surface area (Å²) < 4.78 is 5.66. The summed E-state index contributed by atoms with van der Waals surface area (Å²) in [6.45, 7) is 0. The van der Waals surface area contributed by atoms with Crippen molar-refractivity contribution in [3.8, 4) is 11.5 Å². The van der Waals surface area contributed by atoms with Crippen molar-refractivity contribution in [2.24, 2.45) is 0 Å². The van der Waals surface area contributed by atoms with E-state index in [0.717, 1.165) is 17.1 Å². The van der Waals surface area contributed by atoms with E-state index < -0.39 is 0 Å². The van der Waals surface area contributed by atoms with Gasteiger partial charge in [0, 0.05) is 5.56 Å². The highest BCUT2D eigenvalue weighted by molar-refractivity contribution is 7.99. The first-order valence-electron chi connectivity index (χ1n) is 5.64. The molecule has 92 valence electrons. The van der Waals surface area contributed by atoms with Crippen LogP contribution in [-0.2, 0) is 0 Å². The van der Waals surface area contributed by atoms with Gasteiger partial charge in [0.25, 0.3) is 0 Å². The van der Waals surface area contributed by atoms with Crippen LogP contribution in [0.15, 0.2) is 54.6 Å². The first-order valence-corrected chi connectivity index (χ1v) is 7.04. The van der Waals surface area contributed by atoms with E-state index in [2.05, 4.69) is 0 Å². The molecular formula is C15H14O2S. The lowest BCUT2D eigenvalue weighted by molar-refractivity contribution is 0.102. The first-order chi connectivity index (χ1) is 8.79. The average Bonchev–Trinajstić information content (AvgIpc) is 2.41. The van der Waals surface area contributed by atoms with Crippen LogP contribution in [0.25, 0.3) is 0 Å². The third-order valence-corrected chi connectivity index (χ3v) is 2.98. The highest BCUT2D eigenvalue weighted by Crippen LogP contribution is 2.21. The molecule has 2 rings (SSSR count). The summed E-state index contributed by atoms with van der Waals surface area (Å²) in [5.74, 6) is 2.19. The maximum Gasteiger partial charge on any atom is 0.172 e. The predicted octanol–water partition coefficient (Wildman–Crippen LogP) is 4.02. The van der Waals surface area contributed by atoms with E-state index in [9.17, 15) is 4.79 Å². The molecule has 0 bridgehead atoms. The normalized spacial score (nSPS) is 10.1. The Kier molecular flexibility index (Phi) is 4.42. The Hall–Kier alpha value is -1.74. The van der Waals surface area contributed by atoms with Gasteiger partial charge in [-0.15, -0.1) is 0 Å². The molecule has 3 heteroatoms. The van der Waals surface area contributed by atoms with Gasteiger partial charge in [-0.05, 0) is 42.7 Å². The number of carbonyl (C=O) groups is 1. The van der Waals surface area contributed by atoms with Gasteiger partial charge in [0.2, 0.25) is 0 Å². The summed E-state index contributed by atoms with van der Waals surface area (Å²) in [6.07, 6.45) is 1.92. The summed E-state index contributed by atoms with van der Waals surface area (Å²) in [4.78, 5) is 11.7. The maximum absolute atomic E-state index is 11.7. The van der Waals surface area contributed by atoms with E-state index in [4.69, 9.17) is 4.74 Å². The molecule has 2 aromatic carbocycles. The number of para-hydroxylation sites is 1. The molecule has 0 aliphatic rings. The second-order valence-electron chi connectivity index (χ2n) is 3.80. The van der Waals surface area contributed by atoms with Gasteiger partial charge in [-0.1, -0.05) is 18.2 Å². The van der Waals surface area contributed by atoms with Gasteiger partial charge >= 0.3 is 0 Å². The third kappa shape index (κ3) is 3.37. The van der Waals surface area contributed by atoms with Crippen molar-refractivity contribution in [3.05, 3.63) is 60.2 Å². The minimum Gasteiger partial charge on any atom is -0.457 e. The van der Waals surface area contributed by atoms with Crippen molar-refractivity contribution in [2.75, 3.05) is 12.0 Å². The number of ether oxygens (including phenoxy) is 1. The number of hydrogen-bond donors (Lipinski definition) is 0. The molecule has 0 unspecified atom stereocenters. The fourth-order valence-electron chi connectivity index (χ4n) is 1.55. The number of carbonyl (C=O) groups excluding carboxylic acids is 1. The summed E-state index contributed by atoms with van der Waals surface area (Å²) in [5.41, 5.74) is 0.727. The van der Waals surface area contributed by atoms with E-state index in [1.54, 1.807) is 12.1 Å². The molecule has 18 heavy (non-hydrogen) atoms. The van der Waals surface area contributed by atoms with Gasteiger partial charge in [0.15, 0.2) is 5.78 Å². The molecular weight excluding hydrogens is 244 g/mol. The van der Waals surface area contributed by atoms with E-state index in [-0.39, 0.29) is 5.78 Å². The second-order valence-corrected chi connectivity index (χ2v) is 4.66. The number of hydrogen-bond acceptors (Lipinski definition) is 3. The quantitative estimate of drug-likeness (QED) is 0.757. The van der Waals surface area contributed by atoms with E-state index in [1.165, 1.54) is 11.8 Å². The molecule has 0 saturated carbocycles. The van der Waals surface area contributed by atoms with Crippen molar-refractivity contribution < 1.29 is 9.53 Å². The lowest BCUT2D eigenvalue weighted by Gasteiger charge is -2.06. The zero-order valence-electron chi connectivity index (χ0n) is 10.1. The van der Waals surface area contributed by atoms with Gasteiger partial charge in [0.05, 0.1) is 5.75 Å². The van der Waals surface area contributed by atoms with E-state index >= 15 is 0 Å². The first kappa shape index (κ1) is 12.7. The van der Waals surface area contributed by atoms with Gasteiger partial charge in [-0.2, -0.15) is 11.8 Å². The lowest BCUT2D eigenvalue weighted by atomic mass is 10.1. The van der Waals surface area contributed by atoms with E-state index in [1.807, 2.05) is 48.7 Å². The zero-order valence-corrected chi connectivity index (χ0v) is 10.9. The maximum atomic E-state index is 11.7. The fraction of sp³-hybridized carbons (Fsp3) is 0.133. The molecule has 0 amide bonds. The molecule has 0 saturated heterocycles. The Morgan fingerprint density at radius 3 is 2.22 bits per heavy atom. The number of ketones is 1. The molecule has 0 spiro atoms. The van der Waals surface area contributed by atoms with Crippen molar-refractivity contribution >= 4 is 17.5 Å². The van der Waals surface area contributed by atoms with Crippen LogP contribution in [0.5, 0.6) is 11.5 Å². The van der Waals surface area contributed by atoms with Crippen LogP contribution in [0, 0.1) is 0 Å². The van der Waals surface area contributed by atoms with Crippen LogP contribution in [0.4, 0.5) is 0 Å². The van der Waals surface area contributed by atoms with Crippen LogP contribution in [0.3, 0.4) is 0 Å². The van der Waals surface area contributed by atoms with Crippen LogP contribution >= 0.6 is 11.8 Å². The zero-order chi connectivity index (χ0) is 12.8. The Labute approximate surface area is 111 Å². The van der Waals surface area contributed by atoms with Crippen molar-refractivity contribution in [2.45, 2.75) is 0 Å². The van der Waals surface area contributed by atoms with Crippen molar-refractivity contribution in [1.29, 1.82) is 0 Å². The van der Waals surface area contributed by atoms with Gasteiger partial charge in [-0.25, -0.2) is 0 Å². The molecule has 0 radical (unpaired) electrons. The van der Waals surface area contributed by atoms with Crippen LogP contribution in [0.1, 0.15) is 10.4 Å². The average molecular weight is 258 g/mol. The van der Waals surface area contributed by atoms with Crippen LogP contribution < -0.4 is 4.74 Å². The Morgan fingerprint density at radius 2 is 1.61 bits per heavy atom. The monoisotopic (exact) mass is 258 g/mol. The second kappa shape index (κ2) is 6.26. The minimum absolute atomic E-state index is 0.147. The number of benzene rings is 2. The van der Waals surface area contributed by atoms with E-state index in [0.29, 0.717) is 5.75 Å². The molecule has 0 aliphatic heterocycles. The van der Waals surface area contributed by atoms with Crippen molar-refractivity contribution in [3.63, 3.8) is 0 Å². The molecule has 0 N–H and O–H groups in total. The topological polar surface area (TPSA) is 26.3 Å². The predicted molar refractivity (Wildman–Crippen MR) is 75.7 cm³/mol. The standard InChI is InChI=1S/C15H14O2S/c1-18-11-15(16)12-7-9-14(10-8-12)17-13-5-3-2-4-6-13/h2-10H,11H2,1H3. The molecule has 0 atom stereocenters.